The third kappa shape index (κ3) is 3.00. The van der Waals surface area contributed by atoms with Crippen molar-refractivity contribution in [1.82, 2.24) is 9.97 Å². The molecule has 2 aromatic heterocycles. The van der Waals surface area contributed by atoms with Crippen LogP contribution in [0.25, 0.3) is 22.5 Å². The molecule has 0 radical (unpaired) electrons. The Labute approximate surface area is 176 Å². The predicted octanol–water partition coefficient (Wildman–Crippen LogP) is 3.63. The molecule has 2 N–H and O–H groups in total. The molecule has 152 valence electrons. The predicted molar refractivity (Wildman–Crippen MR) is 115 cm³/mol. The van der Waals surface area contributed by atoms with E-state index in [1.165, 1.54) is 0 Å². The molecule has 30 heavy (non-hydrogen) atoms. The van der Waals surface area contributed by atoms with Gasteiger partial charge in [0.2, 0.25) is 0 Å². The Morgan fingerprint density at radius 1 is 0.600 bits per heavy atom. The van der Waals surface area contributed by atoms with Crippen LogP contribution in [-0.2, 0) is 0 Å². The molecule has 0 aliphatic heterocycles. The van der Waals surface area contributed by atoms with Gasteiger partial charge in [0.15, 0.2) is 0 Å². The third-order valence-electron chi connectivity index (χ3n) is 6.41. The van der Waals surface area contributed by atoms with E-state index in [-0.39, 0.29) is 0 Å². The van der Waals surface area contributed by atoms with Crippen LogP contribution in [0.15, 0.2) is 72.8 Å². The van der Waals surface area contributed by atoms with Gasteiger partial charge >= 0.3 is 0 Å². The second kappa shape index (κ2) is 7.31. The lowest BCUT2D eigenvalue weighted by Gasteiger charge is -2.61. The van der Waals surface area contributed by atoms with Crippen LogP contribution < -0.4 is 10.2 Å². The fraction of sp³-hybridized carbons (Fsp3) is 0.231. The molecule has 0 saturated heterocycles. The number of aryl methyl sites for hydroxylation is 2. The van der Waals surface area contributed by atoms with E-state index in [4.69, 9.17) is 0 Å². The lowest BCUT2D eigenvalue weighted by Crippen LogP contribution is -2.63. The van der Waals surface area contributed by atoms with Crippen LogP contribution in [0.2, 0.25) is 0 Å². The highest BCUT2D eigenvalue weighted by Gasteiger charge is 2.40. The Morgan fingerprint density at radius 3 is 1.33 bits per heavy atom. The maximum absolute atomic E-state index is 13.2. The lowest BCUT2D eigenvalue weighted by atomic mass is 9.63. The first-order chi connectivity index (χ1) is 14.5. The molecule has 0 atom stereocenters. The number of hydrogen-bond acceptors (Lipinski definition) is 2. The quantitative estimate of drug-likeness (QED) is 0.553. The van der Waals surface area contributed by atoms with Crippen molar-refractivity contribution in [2.24, 2.45) is 0 Å². The van der Waals surface area contributed by atoms with Crippen LogP contribution in [0, 0.1) is 13.8 Å². The van der Waals surface area contributed by atoms with Gasteiger partial charge in [-0.3, -0.25) is 0 Å². The van der Waals surface area contributed by atoms with Gasteiger partial charge < -0.3 is 20.2 Å². The molecule has 0 amide bonds. The first-order valence-electron chi connectivity index (χ1n) is 10.4. The first kappa shape index (κ1) is 18.9. The van der Waals surface area contributed by atoms with Crippen molar-refractivity contribution in [3.63, 3.8) is 0 Å². The molecular formula is C26H24N2O2-2. The van der Waals surface area contributed by atoms with Crippen LogP contribution in [0.3, 0.4) is 0 Å². The number of hydrogen-bond donors (Lipinski definition) is 2. The van der Waals surface area contributed by atoms with Crippen molar-refractivity contribution in [2.45, 2.75) is 37.9 Å². The maximum Gasteiger partial charge on any atom is 0.0458 e. The van der Waals surface area contributed by atoms with Crippen LogP contribution >= 0.6 is 0 Å². The van der Waals surface area contributed by atoms with Crippen molar-refractivity contribution in [3.05, 3.63) is 95.3 Å². The molecule has 5 rings (SSSR count). The van der Waals surface area contributed by atoms with E-state index in [1.807, 2.05) is 86.6 Å². The SMILES string of the molecule is Cc1[nH]c(-c2ccccc2)cc1C1C([O-])C(c2cc(-c3ccccc3)[nH]c2C)C1[O-]. The van der Waals surface area contributed by atoms with Crippen LogP contribution in [0.1, 0.15) is 34.4 Å². The van der Waals surface area contributed by atoms with Gasteiger partial charge in [0.1, 0.15) is 0 Å². The van der Waals surface area contributed by atoms with Gasteiger partial charge in [0.25, 0.3) is 0 Å². The Kier molecular flexibility index (Phi) is 4.61. The van der Waals surface area contributed by atoms with E-state index < -0.39 is 24.0 Å². The lowest BCUT2D eigenvalue weighted by molar-refractivity contribution is -0.536. The van der Waals surface area contributed by atoms with Gasteiger partial charge in [-0.1, -0.05) is 60.7 Å². The molecule has 1 fully saturated rings. The van der Waals surface area contributed by atoms with E-state index in [0.29, 0.717) is 0 Å². The molecule has 0 spiro atoms. The van der Waals surface area contributed by atoms with E-state index in [0.717, 1.165) is 45.0 Å². The van der Waals surface area contributed by atoms with Crippen molar-refractivity contribution >= 4 is 0 Å². The summed E-state index contributed by atoms with van der Waals surface area (Å²) in [7, 11) is 0. The summed E-state index contributed by atoms with van der Waals surface area (Å²) in [4.78, 5) is 6.72. The van der Waals surface area contributed by atoms with E-state index in [9.17, 15) is 10.2 Å². The second-order valence-corrected chi connectivity index (χ2v) is 8.24. The summed E-state index contributed by atoms with van der Waals surface area (Å²) in [5.74, 6) is -1.03. The van der Waals surface area contributed by atoms with Crippen molar-refractivity contribution in [3.8, 4) is 22.5 Å². The summed E-state index contributed by atoms with van der Waals surface area (Å²) >= 11 is 0. The summed E-state index contributed by atoms with van der Waals surface area (Å²) in [6, 6.07) is 23.9. The molecule has 2 heterocycles. The minimum Gasteiger partial charge on any atom is -0.851 e. The summed E-state index contributed by atoms with van der Waals surface area (Å²) in [5.41, 5.74) is 7.57. The Hall–Kier alpha value is -3.08. The standard InChI is InChI=1S/C26H24N2O2/c1-15-19(13-21(27-15)17-9-5-3-6-10-17)23-25(29)24(26(23)30)20-14-22(28-16(20)2)18-11-7-4-8-12-18/h3-14,23-28H,1-2H3/q-2. The van der Waals surface area contributed by atoms with Gasteiger partial charge in [0.05, 0.1) is 0 Å². The van der Waals surface area contributed by atoms with Gasteiger partial charge in [-0.2, -0.15) is 0 Å². The molecule has 4 heteroatoms. The Morgan fingerprint density at radius 2 is 0.967 bits per heavy atom. The van der Waals surface area contributed by atoms with Crippen LogP contribution in [0.4, 0.5) is 0 Å². The molecule has 0 unspecified atom stereocenters. The fourth-order valence-electron chi connectivity index (χ4n) is 4.77. The second-order valence-electron chi connectivity index (χ2n) is 8.24. The molecule has 4 aromatic rings. The number of aromatic amines is 2. The zero-order valence-corrected chi connectivity index (χ0v) is 17.1. The number of aromatic nitrogens is 2. The summed E-state index contributed by atoms with van der Waals surface area (Å²) in [5, 5.41) is 26.4. The molecule has 4 nitrogen and oxygen atoms in total. The highest BCUT2D eigenvalue weighted by molar-refractivity contribution is 5.64. The highest BCUT2D eigenvalue weighted by atomic mass is 16.3. The van der Waals surface area contributed by atoms with Crippen molar-refractivity contribution in [2.75, 3.05) is 0 Å². The summed E-state index contributed by atoms with van der Waals surface area (Å²) in [6.07, 6.45) is -1.88. The minimum atomic E-state index is -0.941. The van der Waals surface area contributed by atoms with E-state index in [1.54, 1.807) is 0 Å². The molecular weight excluding hydrogens is 372 g/mol. The van der Waals surface area contributed by atoms with Crippen molar-refractivity contribution in [1.29, 1.82) is 0 Å². The average molecular weight is 396 g/mol. The molecule has 1 aliphatic carbocycles. The van der Waals surface area contributed by atoms with E-state index >= 15 is 0 Å². The van der Waals surface area contributed by atoms with Gasteiger partial charge in [-0.25, -0.2) is 0 Å². The molecule has 1 aliphatic rings. The smallest absolute Gasteiger partial charge is 0.0458 e. The average Bonchev–Trinajstić information content (AvgIpc) is 3.33. The number of rotatable bonds is 4. The van der Waals surface area contributed by atoms with Gasteiger partial charge in [-0.05, 0) is 60.1 Å². The Balaban J connectivity index is 1.43. The fourth-order valence-corrected chi connectivity index (χ4v) is 4.77. The summed E-state index contributed by atoms with van der Waals surface area (Å²) in [6.45, 7) is 3.90. The van der Waals surface area contributed by atoms with Gasteiger partial charge in [-0.15, -0.1) is 12.2 Å². The normalized spacial score (nSPS) is 23.3. The topological polar surface area (TPSA) is 77.7 Å². The largest absolute Gasteiger partial charge is 0.851 e. The Bertz CT molecular complexity index is 1060. The third-order valence-corrected chi connectivity index (χ3v) is 6.41. The van der Waals surface area contributed by atoms with Crippen LogP contribution in [-0.4, -0.2) is 22.2 Å². The maximum atomic E-state index is 13.2. The molecule has 0 bridgehead atoms. The van der Waals surface area contributed by atoms with Gasteiger partial charge in [0, 0.05) is 22.8 Å². The zero-order chi connectivity index (χ0) is 20.8. The minimum absolute atomic E-state index is 0.516. The number of nitrogens with one attached hydrogen (secondary N) is 2. The molecule has 1 saturated carbocycles. The highest BCUT2D eigenvalue weighted by Crippen LogP contribution is 2.48. The number of benzene rings is 2. The number of H-pyrrole nitrogens is 2. The van der Waals surface area contributed by atoms with Crippen molar-refractivity contribution < 1.29 is 10.2 Å². The molecule has 2 aromatic carbocycles. The zero-order valence-electron chi connectivity index (χ0n) is 17.1. The summed E-state index contributed by atoms with van der Waals surface area (Å²) < 4.78 is 0. The van der Waals surface area contributed by atoms with Crippen LogP contribution in [0.5, 0.6) is 0 Å². The monoisotopic (exact) mass is 396 g/mol. The first-order valence-corrected chi connectivity index (χ1v) is 10.4. The van der Waals surface area contributed by atoms with E-state index in [2.05, 4.69) is 9.97 Å².